The van der Waals surface area contributed by atoms with Gasteiger partial charge in [-0.15, -0.1) is 0 Å². The summed E-state index contributed by atoms with van der Waals surface area (Å²) in [6, 6.07) is 6.87. The van der Waals surface area contributed by atoms with E-state index in [0.717, 1.165) is 5.69 Å². The molecule has 0 aliphatic carbocycles. The molecule has 0 saturated carbocycles. The van der Waals surface area contributed by atoms with Crippen LogP contribution in [0.3, 0.4) is 0 Å². The average molecular weight is 269 g/mol. The number of nitrogens with zero attached hydrogens (tertiary/aromatic N) is 2. The van der Waals surface area contributed by atoms with Crippen molar-refractivity contribution in [2.24, 2.45) is 0 Å². The maximum atomic E-state index is 5.88. The van der Waals surface area contributed by atoms with E-state index < -0.39 is 0 Å². The summed E-state index contributed by atoms with van der Waals surface area (Å²) in [7, 11) is 0. The van der Waals surface area contributed by atoms with Gasteiger partial charge in [-0.25, -0.2) is 9.97 Å². The second kappa shape index (κ2) is 5.21. The Bertz CT molecular complexity index is 510. The van der Waals surface area contributed by atoms with Crippen molar-refractivity contribution in [3.63, 3.8) is 0 Å². The van der Waals surface area contributed by atoms with Gasteiger partial charge in [0.25, 0.3) is 0 Å². The van der Waals surface area contributed by atoms with Crippen LogP contribution in [0, 0.1) is 0 Å². The predicted octanol–water partition coefficient (Wildman–Crippen LogP) is 2.98. The van der Waals surface area contributed by atoms with E-state index in [1.54, 1.807) is 30.5 Å². The van der Waals surface area contributed by atoms with E-state index >= 15 is 0 Å². The lowest BCUT2D eigenvalue weighted by atomic mass is 10.3. The van der Waals surface area contributed by atoms with Gasteiger partial charge in [0.05, 0.1) is 6.54 Å². The maximum Gasteiger partial charge on any atom is 0.149 e. The molecule has 2 rings (SSSR count). The molecule has 1 aromatic carbocycles. The molecule has 0 bridgehead atoms. The van der Waals surface area contributed by atoms with Crippen LogP contribution in [0.2, 0.25) is 10.0 Å². The van der Waals surface area contributed by atoms with Crippen LogP contribution >= 0.6 is 23.2 Å². The van der Waals surface area contributed by atoms with Gasteiger partial charge in [-0.05, 0) is 24.3 Å². The first-order valence-electron chi connectivity index (χ1n) is 4.91. The first kappa shape index (κ1) is 12.0. The summed E-state index contributed by atoms with van der Waals surface area (Å²) in [6.45, 7) is 0.460. The number of hydrogen-bond acceptors (Lipinski definition) is 4. The van der Waals surface area contributed by atoms with Crippen LogP contribution in [0.15, 0.2) is 30.5 Å². The molecule has 17 heavy (non-hydrogen) atoms. The molecule has 6 heteroatoms. The molecular formula is C11H10Cl2N4. The lowest BCUT2D eigenvalue weighted by Gasteiger charge is -2.06. The molecule has 2 aromatic rings. The number of nitrogen functional groups attached to an aromatic ring is 1. The number of rotatable bonds is 3. The Balaban J connectivity index is 2.07. The van der Waals surface area contributed by atoms with Crippen molar-refractivity contribution in [2.75, 3.05) is 11.1 Å². The molecule has 0 spiro atoms. The first-order valence-corrected chi connectivity index (χ1v) is 5.66. The second-order valence-corrected chi connectivity index (χ2v) is 4.28. The third-order valence-electron chi connectivity index (χ3n) is 2.04. The highest BCUT2D eigenvalue weighted by Crippen LogP contribution is 2.22. The number of nitrogens with one attached hydrogen (secondary N) is 1. The fourth-order valence-corrected chi connectivity index (χ4v) is 1.86. The lowest BCUT2D eigenvalue weighted by molar-refractivity contribution is 0.954. The minimum Gasteiger partial charge on any atom is -0.384 e. The molecule has 0 radical (unpaired) electrons. The Hall–Kier alpha value is -1.52. The van der Waals surface area contributed by atoms with Crippen molar-refractivity contribution in [1.29, 1.82) is 0 Å². The van der Waals surface area contributed by atoms with E-state index in [1.807, 2.05) is 0 Å². The molecule has 0 aliphatic heterocycles. The summed E-state index contributed by atoms with van der Waals surface area (Å²) >= 11 is 11.8. The van der Waals surface area contributed by atoms with Crippen LogP contribution in [-0.2, 0) is 6.54 Å². The van der Waals surface area contributed by atoms with Gasteiger partial charge in [-0.2, -0.15) is 0 Å². The van der Waals surface area contributed by atoms with Crippen molar-refractivity contribution < 1.29 is 0 Å². The van der Waals surface area contributed by atoms with Gasteiger partial charge in [0, 0.05) is 21.9 Å². The molecule has 88 valence electrons. The molecular weight excluding hydrogens is 259 g/mol. The highest BCUT2D eigenvalue weighted by atomic mass is 35.5. The Morgan fingerprint density at radius 2 is 1.88 bits per heavy atom. The van der Waals surface area contributed by atoms with Gasteiger partial charge in [-0.1, -0.05) is 23.2 Å². The van der Waals surface area contributed by atoms with Crippen LogP contribution in [-0.4, -0.2) is 9.97 Å². The van der Waals surface area contributed by atoms with E-state index in [-0.39, 0.29) is 0 Å². The number of nitrogens with two attached hydrogens (primary N) is 1. The fraction of sp³-hybridized carbons (Fsp3) is 0.0909. The van der Waals surface area contributed by atoms with Crippen molar-refractivity contribution in [1.82, 2.24) is 9.97 Å². The summed E-state index contributed by atoms with van der Waals surface area (Å²) in [5.74, 6) is 1.06. The largest absolute Gasteiger partial charge is 0.384 e. The monoisotopic (exact) mass is 268 g/mol. The zero-order chi connectivity index (χ0) is 12.3. The molecule has 0 fully saturated rings. The zero-order valence-corrected chi connectivity index (χ0v) is 10.3. The second-order valence-electron chi connectivity index (χ2n) is 3.41. The van der Waals surface area contributed by atoms with E-state index in [1.165, 1.54) is 0 Å². The van der Waals surface area contributed by atoms with Gasteiger partial charge in [0.15, 0.2) is 0 Å². The smallest absolute Gasteiger partial charge is 0.149 e. The number of hydrogen-bond donors (Lipinski definition) is 2. The molecule has 4 nitrogen and oxygen atoms in total. The summed E-state index contributed by atoms with van der Waals surface area (Å²) in [5, 5.41) is 4.27. The summed E-state index contributed by atoms with van der Waals surface area (Å²) in [5.41, 5.74) is 6.37. The minimum absolute atomic E-state index is 0.445. The van der Waals surface area contributed by atoms with E-state index in [0.29, 0.717) is 28.2 Å². The van der Waals surface area contributed by atoms with Crippen molar-refractivity contribution in [2.45, 2.75) is 6.54 Å². The molecule has 0 aliphatic rings. The van der Waals surface area contributed by atoms with Gasteiger partial charge >= 0.3 is 0 Å². The number of aromatic nitrogens is 2. The van der Waals surface area contributed by atoms with E-state index in [4.69, 9.17) is 28.9 Å². The first-order chi connectivity index (χ1) is 8.13. The van der Waals surface area contributed by atoms with Gasteiger partial charge in [0.2, 0.25) is 0 Å². The van der Waals surface area contributed by atoms with Gasteiger partial charge in [-0.3, -0.25) is 0 Å². The van der Waals surface area contributed by atoms with Crippen LogP contribution in [0.5, 0.6) is 0 Å². The molecule has 0 atom stereocenters. The molecule has 0 amide bonds. The summed E-state index contributed by atoms with van der Waals surface area (Å²) in [6.07, 6.45) is 1.62. The van der Waals surface area contributed by atoms with Crippen molar-refractivity contribution >= 4 is 34.7 Å². The normalized spacial score (nSPS) is 10.2. The highest BCUT2D eigenvalue weighted by molar-refractivity contribution is 6.35. The average Bonchev–Trinajstić information content (AvgIpc) is 2.25. The van der Waals surface area contributed by atoms with Crippen LogP contribution in [0.1, 0.15) is 5.82 Å². The third kappa shape index (κ3) is 3.47. The number of halogens is 2. The fourth-order valence-electron chi connectivity index (χ4n) is 1.34. The van der Waals surface area contributed by atoms with Crippen molar-refractivity contribution in [3.05, 3.63) is 46.3 Å². The minimum atomic E-state index is 0.445. The van der Waals surface area contributed by atoms with Gasteiger partial charge < -0.3 is 11.1 Å². The molecule has 1 aromatic heterocycles. The number of anilines is 2. The number of benzene rings is 1. The standard InChI is InChI=1S/C11H10Cl2N4/c12-7-3-8(13)5-9(4-7)16-6-11-15-2-1-10(14)17-11/h1-5,16H,6H2,(H2,14,15,17). The SMILES string of the molecule is Nc1ccnc(CNc2cc(Cl)cc(Cl)c2)n1. The molecule has 0 unspecified atom stereocenters. The topological polar surface area (TPSA) is 63.8 Å². The summed E-state index contributed by atoms with van der Waals surface area (Å²) < 4.78 is 0. The van der Waals surface area contributed by atoms with E-state index in [9.17, 15) is 0 Å². The highest BCUT2D eigenvalue weighted by Gasteiger charge is 2.00. The maximum absolute atomic E-state index is 5.88. The quantitative estimate of drug-likeness (QED) is 0.899. The van der Waals surface area contributed by atoms with Crippen molar-refractivity contribution in [3.8, 4) is 0 Å². The van der Waals surface area contributed by atoms with Crippen LogP contribution in [0.4, 0.5) is 11.5 Å². The molecule has 3 N–H and O–H groups in total. The Morgan fingerprint density at radius 3 is 2.53 bits per heavy atom. The Kier molecular flexibility index (Phi) is 3.66. The third-order valence-corrected chi connectivity index (χ3v) is 2.48. The molecule has 0 saturated heterocycles. The predicted molar refractivity (Wildman–Crippen MR) is 70.2 cm³/mol. The Labute approximate surface area is 109 Å². The van der Waals surface area contributed by atoms with Gasteiger partial charge in [0.1, 0.15) is 11.6 Å². The summed E-state index contributed by atoms with van der Waals surface area (Å²) in [4.78, 5) is 8.15. The van der Waals surface area contributed by atoms with Crippen LogP contribution < -0.4 is 11.1 Å². The Morgan fingerprint density at radius 1 is 1.18 bits per heavy atom. The van der Waals surface area contributed by atoms with E-state index in [2.05, 4.69) is 15.3 Å². The lowest BCUT2D eigenvalue weighted by Crippen LogP contribution is -2.05. The zero-order valence-electron chi connectivity index (χ0n) is 8.82. The molecule has 1 heterocycles. The van der Waals surface area contributed by atoms with Crippen LogP contribution in [0.25, 0.3) is 0 Å².